The standard InChI is InChI=1S/C11H10.V/c1-2-6-10(7-3-1)11-8-4-5-9-11;/h1-9,11H;. The first-order valence-electron chi connectivity index (χ1n) is 3.87. The van der Waals surface area contributed by atoms with E-state index in [9.17, 15) is 0 Å². The van der Waals surface area contributed by atoms with Crippen molar-refractivity contribution in [1.29, 1.82) is 0 Å². The Labute approximate surface area is 84.9 Å². The molecule has 0 bridgehead atoms. The minimum absolute atomic E-state index is 0. The molecule has 1 aromatic carbocycles. The van der Waals surface area contributed by atoms with E-state index in [1.54, 1.807) is 0 Å². The number of rotatable bonds is 1. The fourth-order valence-corrected chi connectivity index (χ4v) is 1.33. The van der Waals surface area contributed by atoms with Crippen LogP contribution in [0.1, 0.15) is 11.5 Å². The van der Waals surface area contributed by atoms with E-state index in [2.05, 4.69) is 48.6 Å². The number of hydrogen-bond acceptors (Lipinski definition) is 0. The minimum atomic E-state index is 0. The zero-order valence-corrected chi connectivity index (χ0v) is 8.12. The molecule has 0 aromatic heterocycles. The Morgan fingerprint density at radius 2 is 1.42 bits per heavy atom. The van der Waals surface area contributed by atoms with Gasteiger partial charge >= 0.3 is 0 Å². The van der Waals surface area contributed by atoms with Crippen LogP contribution >= 0.6 is 0 Å². The summed E-state index contributed by atoms with van der Waals surface area (Å²) >= 11 is 0. The van der Waals surface area contributed by atoms with Crippen molar-refractivity contribution < 1.29 is 18.6 Å². The van der Waals surface area contributed by atoms with Gasteiger partial charge in [0.05, 0.1) is 0 Å². The topological polar surface area (TPSA) is 0 Å². The van der Waals surface area contributed by atoms with Gasteiger partial charge in [0.2, 0.25) is 0 Å². The zero-order chi connectivity index (χ0) is 7.52. The Morgan fingerprint density at radius 1 is 0.833 bits per heavy atom. The van der Waals surface area contributed by atoms with Crippen LogP contribution in [0.4, 0.5) is 0 Å². The molecule has 0 atom stereocenters. The molecular formula is C11H10V. The van der Waals surface area contributed by atoms with Gasteiger partial charge in [-0.1, -0.05) is 54.6 Å². The van der Waals surface area contributed by atoms with E-state index in [0.717, 1.165) is 0 Å². The van der Waals surface area contributed by atoms with Crippen LogP contribution in [0.25, 0.3) is 0 Å². The van der Waals surface area contributed by atoms with Gasteiger partial charge in [0.1, 0.15) is 0 Å². The van der Waals surface area contributed by atoms with Gasteiger partial charge < -0.3 is 0 Å². The maximum Gasteiger partial charge on any atom is 0.0204 e. The van der Waals surface area contributed by atoms with Gasteiger partial charge in [0.25, 0.3) is 0 Å². The minimum Gasteiger partial charge on any atom is -0.0732 e. The van der Waals surface area contributed by atoms with Gasteiger partial charge in [-0.2, -0.15) is 0 Å². The average Bonchev–Trinajstić information content (AvgIpc) is 2.58. The molecule has 0 N–H and O–H groups in total. The second kappa shape index (κ2) is 4.34. The third-order valence-electron chi connectivity index (χ3n) is 1.93. The zero-order valence-electron chi connectivity index (χ0n) is 6.72. The molecule has 2 rings (SSSR count). The first-order valence-corrected chi connectivity index (χ1v) is 3.87. The van der Waals surface area contributed by atoms with Crippen LogP contribution in [-0.2, 0) is 18.6 Å². The first-order chi connectivity index (χ1) is 5.47. The van der Waals surface area contributed by atoms with E-state index in [1.165, 1.54) is 5.56 Å². The maximum atomic E-state index is 2.20. The maximum absolute atomic E-state index is 2.20. The Balaban J connectivity index is 0.000000720. The van der Waals surface area contributed by atoms with Crippen molar-refractivity contribution >= 4 is 0 Å². The molecule has 59 valence electrons. The van der Waals surface area contributed by atoms with E-state index >= 15 is 0 Å². The Morgan fingerprint density at radius 3 is 2.00 bits per heavy atom. The van der Waals surface area contributed by atoms with Crippen LogP contribution in [0.2, 0.25) is 0 Å². The van der Waals surface area contributed by atoms with Gasteiger partial charge in [-0.3, -0.25) is 0 Å². The van der Waals surface area contributed by atoms with Crippen molar-refractivity contribution in [2.24, 2.45) is 0 Å². The molecule has 0 heterocycles. The van der Waals surface area contributed by atoms with E-state index in [-0.39, 0.29) is 18.6 Å². The molecule has 1 aliphatic carbocycles. The van der Waals surface area contributed by atoms with Gasteiger partial charge in [0, 0.05) is 24.5 Å². The largest absolute Gasteiger partial charge is 0.0732 e. The molecule has 0 fully saturated rings. The van der Waals surface area contributed by atoms with Crippen LogP contribution in [0, 0.1) is 0 Å². The third-order valence-corrected chi connectivity index (χ3v) is 1.93. The van der Waals surface area contributed by atoms with Crippen LogP contribution in [0.15, 0.2) is 54.6 Å². The predicted octanol–water partition coefficient (Wildman–Crippen LogP) is 2.89. The summed E-state index contributed by atoms with van der Waals surface area (Å²) in [6.07, 6.45) is 8.60. The second-order valence-corrected chi connectivity index (χ2v) is 2.71. The molecule has 1 radical (unpaired) electrons. The van der Waals surface area contributed by atoms with Gasteiger partial charge in [0.15, 0.2) is 0 Å². The molecule has 0 unspecified atom stereocenters. The molecule has 1 aliphatic rings. The quantitative estimate of drug-likeness (QED) is 0.643. The van der Waals surface area contributed by atoms with E-state index < -0.39 is 0 Å². The Bertz CT molecular complexity index is 273. The molecule has 0 saturated heterocycles. The summed E-state index contributed by atoms with van der Waals surface area (Å²) in [5.74, 6) is 0.510. The molecule has 1 aromatic rings. The molecular weight excluding hydrogens is 183 g/mol. The number of allylic oxidation sites excluding steroid dienone is 4. The van der Waals surface area contributed by atoms with Crippen molar-refractivity contribution in [3.8, 4) is 0 Å². The monoisotopic (exact) mass is 193 g/mol. The van der Waals surface area contributed by atoms with Crippen LogP contribution in [-0.4, -0.2) is 0 Å². The average molecular weight is 193 g/mol. The third kappa shape index (κ3) is 1.91. The second-order valence-electron chi connectivity index (χ2n) is 2.71. The van der Waals surface area contributed by atoms with Crippen LogP contribution < -0.4 is 0 Å². The summed E-state index contributed by atoms with van der Waals surface area (Å²) in [5, 5.41) is 0. The van der Waals surface area contributed by atoms with Gasteiger partial charge in [-0.25, -0.2) is 0 Å². The Kier molecular flexibility index (Phi) is 3.39. The van der Waals surface area contributed by atoms with Crippen molar-refractivity contribution in [1.82, 2.24) is 0 Å². The summed E-state index contributed by atoms with van der Waals surface area (Å²) in [5.41, 5.74) is 1.37. The smallest absolute Gasteiger partial charge is 0.0204 e. The first kappa shape index (κ1) is 9.37. The SMILES string of the molecule is C1=CC(c2ccccc2)C=C1.[V]. The Hall–Kier alpha value is -0.716. The molecule has 0 aliphatic heterocycles. The molecule has 0 amide bonds. The molecule has 0 spiro atoms. The summed E-state index contributed by atoms with van der Waals surface area (Å²) in [4.78, 5) is 0. The fourth-order valence-electron chi connectivity index (χ4n) is 1.33. The predicted molar refractivity (Wildman–Crippen MR) is 47.5 cm³/mol. The molecule has 12 heavy (non-hydrogen) atoms. The van der Waals surface area contributed by atoms with E-state index in [1.807, 2.05) is 6.07 Å². The molecule has 0 saturated carbocycles. The van der Waals surface area contributed by atoms with Crippen LogP contribution in [0.3, 0.4) is 0 Å². The summed E-state index contributed by atoms with van der Waals surface area (Å²) in [6, 6.07) is 10.5. The molecule has 0 nitrogen and oxygen atoms in total. The van der Waals surface area contributed by atoms with Crippen molar-refractivity contribution in [3.63, 3.8) is 0 Å². The van der Waals surface area contributed by atoms with Crippen molar-refractivity contribution in [2.75, 3.05) is 0 Å². The van der Waals surface area contributed by atoms with Gasteiger partial charge in [-0.05, 0) is 5.56 Å². The van der Waals surface area contributed by atoms with Crippen molar-refractivity contribution in [3.05, 3.63) is 60.2 Å². The number of hydrogen-bond donors (Lipinski definition) is 0. The summed E-state index contributed by atoms with van der Waals surface area (Å²) < 4.78 is 0. The molecule has 1 heteroatoms. The number of benzene rings is 1. The van der Waals surface area contributed by atoms with Crippen LogP contribution in [0.5, 0.6) is 0 Å². The van der Waals surface area contributed by atoms with E-state index in [0.29, 0.717) is 5.92 Å². The van der Waals surface area contributed by atoms with E-state index in [4.69, 9.17) is 0 Å². The normalized spacial score (nSPS) is 14.7. The summed E-state index contributed by atoms with van der Waals surface area (Å²) in [6.45, 7) is 0. The van der Waals surface area contributed by atoms with Crippen molar-refractivity contribution in [2.45, 2.75) is 5.92 Å². The van der Waals surface area contributed by atoms with Gasteiger partial charge in [-0.15, -0.1) is 0 Å². The fraction of sp³-hybridized carbons (Fsp3) is 0.0909. The summed E-state index contributed by atoms with van der Waals surface area (Å²) in [7, 11) is 0.